The number of phenolic OH excluding ortho intramolecular Hbond substituents is 1. The predicted molar refractivity (Wildman–Crippen MR) is 172 cm³/mol. The van der Waals surface area contributed by atoms with Gasteiger partial charge in [0, 0.05) is 44.4 Å². The van der Waals surface area contributed by atoms with E-state index in [1.54, 1.807) is 58.2 Å². The molecule has 4 aliphatic rings. The average molecular weight is 657 g/mol. The van der Waals surface area contributed by atoms with Crippen LogP contribution in [0.3, 0.4) is 0 Å². The standard InChI is InChI=1S/C32H44N6O9/c1-35(2)14-21(39)34-19-13-20(36(3)4)17-11-16-12-18-25(37(5)6)28(42)24(31(45)33-15-38-7-9-47-10-8-38)30(44)32(18,46)29(43)22(16)27(41)23(17)26(19)40/h13,16,18,25,40-41,44,46H,7-12,14-15H2,1-6H3,(H,33,45)(H,34,39)/t16?,18?,25-,32-/m0/s1. The van der Waals surface area contributed by atoms with Crippen LogP contribution < -0.4 is 15.5 Å². The van der Waals surface area contributed by atoms with E-state index in [-0.39, 0.29) is 42.9 Å². The number of nitrogens with one attached hydrogen (secondary N) is 2. The summed E-state index contributed by atoms with van der Waals surface area (Å²) in [5, 5.41) is 52.0. The number of ether oxygens (including phenoxy) is 1. The summed E-state index contributed by atoms with van der Waals surface area (Å²) in [7, 11) is 10.1. The van der Waals surface area contributed by atoms with Gasteiger partial charge in [-0.15, -0.1) is 0 Å². The van der Waals surface area contributed by atoms with Crippen LogP contribution in [-0.4, -0.2) is 152 Å². The van der Waals surface area contributed by atoms with Crippen LogP contribution in [0, 0.1) is 11.8 Å². The number of carbonyl (C=O) groups excluding carboxylic acids is 4. The molecule has 3 aliphatic carbocycles. The van der Waals surface area contributed by atoms with Gasteiger partial charge in [-0.05, 0) is 58.6 Å². The first kappa shape index (κ1) is 34.3. The number of anilines is 2. The molecule has 0 spiro atoms. The predicted octanol–water partition coefficient (Wildman–Crippen LogP) is -0.549. The monoisotopic (exact) mass is 656 g/mol. The van der Waals surface area contributed by atoms with Gasteiger partial charge in [-0.2, -0.15) is 0 Å². The van der Waals surface area contributed by atoms with Crippen molar-refractivity contribution < 1.29 is 44.3 Å². The lowest BCUT2D eigenvalue weighted by Gasteiger charge is -2.50. The van der Waals surface area contributed by atoms with Crippen LogP contribution in [0.25, 0.3) is 5.76 Å². The van der Waals surface area contributed by atoms with Gasteiger partial charge in [-0.25, -0.2) is 0 Å². The number of amides is 2. The van der Waals surface area contributed by atoms with E-state index in [9.17, 15) is 39.6 Å². The van der Waals surface area contributed by atoms with E-state index in [0.29, 0.717) is 37.6 Å². The highest BCUT2D eigenvalue weighted by atomic mass is 16.5. The topological polar surface area (TPSA) is 195 Å². The Bertz CT molecular complexity index is 1560. The van der Waals surface area contributed by atoms with Crippen LogP contribution in [0.5, 0.6) is 5.75 Å². The van der Waals surface area contributed by atoms with Gasteiger partial charge in [0.05, 0.1) is 43.7 Å². The molecule has 15 nitrogen and oxygen atoms in total. The van der Waals surface area contributed by atoms with Gasteiger partial charge >= 0.3 is 0 Å². The van der Waals surface area contributed by atoms with Gasteiger partial charge in [0.15, 0.2) is 11.4 Å². The molecule has 6 N–H and O–H groups in total. The summed E-state index contributed by atoms with van der Waals surface area (Å²) in [4.78, 5) is 61.1. The highest BCUT2D eigenvalue weighted by molar-refractivity contribution is 6.25. The van der Waals surface area contributed by atoms with Crippen LogP contribution >= 0.6 is 0 Å². The number of aliphatic hydroxyl groups excluding tert-OH is 2. The highest BCUT2D eigenvalue weighted by Crippen LogP contribution is 2.54. The quantitative estimate of drug-likeness (QED) is 0.154. The molecule has 1 aromatic rings. The molecule has 1 aliphatic heterocycles. The van der Waals surface area contributed by atoms with Crippen molar-refractivity contribution in [3.05, 3.63) is 34.1 Å². The number of likely N-dealkylation sites (N-methyl/N-ethyl adjacent to an activating group) is 2. The first-order chi connectivity index (χ1) is 22.1. The molecule has 15 heteroatoms. The Morgan fingerprint density at radius 3 is 2.32 bits per heavy atom. The van der Waals surface area contributed by atoms with Crippen LogP contribution in [0.15, 0.2) is 23.0 Å². The number of morpholine rings is 1. The Balaban J connectivity index is 1.61. The molecule has 1 heterocycles. The molecule has 2 fully saturated rings. The molecule has 2 amide bonds. The smallest absolute Gasteiger partial charge is 0.259 e. The normalized spacial score (nSPS) is 26.3. The summed E-state index contributed by atoms with van der Waals surface area (Å²) in [5.41, 5.74) is -2.66. The number of ketones is 2. The fraction of sp³-hybridized carbons (Fsp3) is 0.562. The number of benzene rings is 1. The van der Waals surface area contributed by atoms with Crippen LogP contribution in [0.4, 0.5) is 11.4 Å². The third-order valence-electron chi connectivity index (χ3n) is 9.46. The number of Topliss-reactive ketones (excluding diaryl/α,β-unsaturated/α-hetero) is 2. The lowest BCUT2D eigenvalue weighted by atomic mass is 9.57. The maximum absolute atomic E-state index is 14.4. The number of rotatable bonds is 8. The van der Waals surface area contributed by atoms with Crippen LogP contribution in [0.1, 0.15) is 17.5 Å². The zero-order valence-corrected chi connectivity index (χ0v) is 27.6. The zero-order valence-electron chi connectivity index (χ0n) is 27.6. The van der Waals surface area contributed by atoms with Crippen molar-refractivity contribution in [1.29, 1.82) is 0 Å². The largest absolute Gasteiger partial charge is 0.508 e. The van der Waals surface area contributed by atoms with Gasteiger partial charge in [-0.1, -0.05) is 0 Å². The number of carbonyl (C=O) groups is 4. The Morgan fingerprint density at radius 1 is 1.06 bits per heavy atom. The second-order valence-corrected chi connectivity index (χ2v) is 13.3. The van der Waals surface area contributed by atoms with Crippen molar-refractivity contribution in [2.45, 2.75) is 24.5 Å². The summed E-state index contributed by atoms with van der Waals surface area (Å²) in [6, 6.07) is 0.439. The number of aromatic hydroxyl groups is 1. The van der Waals surface area contributed by atoms with Crippen molar-refractivity contribution in [2.75, 3.05) is 92.0 Å². The second kappa shape index (κ2) is 12.9. The molecular weight excluding hydrogens is 612 g/mol. The molecular formula is C32H44N6O9. The number of nitrogens with zero attached hydrogens (tertiary/aromatic N) is 4. The molecule has 5 rings (SSSR count). The third kappa shape index (κ3) is 5.86. The van der Waals surface area contributed by atoms with Crippen LogP contribution in [0.2, 0.25) is 0 Å². The minimum Gasteiger partial charge on any atom is -0.508 e. The Labute approximate surface area is 273 Å². The lowest BCUT2D eigenvalue weighted by Crippen LogP contribution is -2.66. The maximum Gasteiger partial charge on any atom is 0.259 e. The van der Waals surface area contributed by atoms with Gasteiger partial charge in [0.1, 0.15) is 22.8 Å². The molecule has 47 heavy (non-hydrogen) atoms. The maximum atomic E-state index is 14.4. The molecule has 0 bridgehead atoms. The minimum absolute atomic E-state index is 0.00263. The molecule has 2 unspecified atom stereocenters. The van der Waals surface area contributed by atoms with Crippen molar-refractivity contribution in [3.63, 3.8) is 0 Å². The molecule has 4 atom stereocenters. The number of hydrogen-bond acceptors (Lipinski definition) is 13. The number of fused-ring (bicyclic) bond motifs is 3. The number of hydrogen-bond donors (Lipinski definition) is 6. The second-order valence-electron chi connectivity index (χ2n) is 13.3. The third-order valence-corrected chi connectivity index (χ3v) is 9.46. The summed E-state index contributed by atoms with van der Waals surface area (Å²) in [5.74, 6) is -7.15. The van der Waals surface area contributed by atoms with E-state index in [1.165, 1.54) is 4.90 Å². The summed E-state index contributed by atoms with van der Waals surface area (Å²) in [6.07, 6.45) is 0.142. The van der Waals surface area contributed by atoms with E-state index < -0.39 is 69.7 Å². The Hall–Kier alpha value is -4.02. The first-order valence-corrected chi connectivity index (χ1v) is 15.5. The average Bonchev–Trinajstić information content (AvgIpc) is 2.99. The van der Waals surface area contributed by atoms with Gasteiger partial charge < -0.3 is 45.6 Å². The Kier molecular flexibility index (Phi) is 9.41. The summed E-state index contributed by atoms with van der Waals surface area (Å²) >= 11 is 0. The molecule has 0 radical (unpaired) electrons. The van der Waals surface area contributed by atoms with Crippen molar-refractivity contribution >= 4 is 40.5 Å². The van der Waals surface area contributed by atoms with Gasteiger partial charge in [0.2, 0.25) is 11.7 Å². The van der Waals surface area contributed by atoms with E-state index in [0.717, 1.165) is 0 Å². The van der Waals surface area contributed by atoms with Crippen LogP contribution in [-0.2, 0) is 30.3 Å². The fourth-order valence-electron chi connectivity index (χ4n) is 7.28. The fourth-order valence-corrected chi connectivity index (χ4v) is 7.28. The number of phenols is 1. The van der Waals surface area contributed by atoms with Crippen molar-refractivity contribution in [1.82, 2.24) is 20.0 Å². The van der Waals surface area contributed by atoms with Crippen molar-refractivity contribution in [2.24, 2.45) is 11.8 Å². The van der Waals surface area contributed by atoms with E-state index in [4.69, 9.17) is 4.74 Å². The SMILES string of the molecule is CN(C)CC(=O)Nc1cc(N(C)C)c2c(c1O)C(O)=C1C(=O)[C@]3(O)C(O)=C(C(=O)NCN4CCOCC4)C(=O)[C@@H](N(C)C)C3CC1C2. The molecule has 1 saturated carbocycles. The molecule has 1 saturated heterocycles. The molecule has 1 aromatic carbocycles. The molecule has 0 aromatic heterocycles. The summed E-state index contributed by atoms with van der Waals surface area (Å²) < 4.78 is 5.32. The first-order valence-electron chi connectivity index (χ1n) is 15.5. The summed E-state index contributed by atoms with van der Waals surface area (Å²) in [6.45, 7) is 2.11. The molecule has 256 valence electrons. The van der Waals surface area contributed by atoms with E-state index >= 15 is 0 Å². The van der Waals surface area contributed by atoms with E-state index in [1.807, 2.05) is 4.90 Å². The van der Waals surface area contributed by atoms with Gasteiger partial charge in [0.25, 0.3) is 5.91 Å². The Morgan fingerprint density at radius 2 is 1.72 bits per heavy atom. The van der Waals surface area contributed by atoms with Gasteiger partial charge in [-0.3, -0.25) is 29.0 Å². The van der Waals surface area contributed by atoms with Crippen molar-refractivity contribution in [3.8, 4) is 5.75 Å². The number of aliphatic hydroxyl groups is 3. The lowest BCUT2D eigenvalue weighted by molar-refractivity contribution is -0.154. The zero-order chi connectivity index (χ0) is 34.5. The minimum atomic E-state index is -2.72. The highest BCUT2D eigenvalue weighted by Gasteiger charge is 2.64. The van der Waals surface area contributed by atoms with E-state index in [2.05, 4.69) is 10.6 Å².